The monoisotopic (exact) mass is 274 g/mol. The Labute approximate surface area is 107 Å². The largest absolute Gasteiger partial charge is 0.411 e. The Morgan fingerprint density at radius 2 is 2.05 bits per heavy atom. The number of nitrogens with zero attached hydrogens (tertiary/aromatic N) is 1. The highest BCUT2D eigenvalue weighted by Gasteiger charge is 2.29. The van der Waals surface area contributed by atoms with Crippen LogP contribution in [0.15, 0.2) is 18.2 Å². The number of nitrogen functional groups attached to an aromatic ring is 1. The molecular formula is C12H13F3N2O2. The second-order valence-electron chi connectivity index (χ2n) is 4.30. The zero-order chi connectivity index (χ0) is 14.0. The van der Waals surface area contributed by atoms with Crippen molar-refractivity contribution >= 4 is 17.3 Å². The molecule has 1 aliphatic rings. The fraction of sp³-hybridized carbons (Fsp3) is 0.417. The van der Waals surface area contributed by atoms with Crippen LogP contribution >= 0.6 is 0 Å². The maximum Gasteiger partial charge on any atom is 0.411 e. The number of amides is 1. The number of carbonyl (C=O) groups excluding carboxylic acids is 1. The van der Waals surface area contributed by atoms with E-state index in [2.05, 4.69) is 4.74 Å². The molecule has 1 aromatic rings. The summed E-state index contributed by atoms with van der Waals surface area (Å²) in [6.45, 7) is -1.78. The van der Waals surface area contributed by atoms with Gasteiger partial charge in [0.2, 0.25) is 5.91 Å². The van der Waals surface area contributed by atoms with Crippen molar-refractivity contribution in [2.24, 2.45) is 0 Å². The third kappa shape index (κ3) is 3.37. The molecule has 2 rings (SSSR count). The fourth-order valence-corrected chi connectivity index (χ4v) is 1.97. The molecule has 7 heteroatoms. The summed E-state index contributed by atoms with van der Waals surface area (Å²) >= 11 is 0. The molecule has 1 amide bonds. The lowest BCUT2D eigenvalue weighted by Crippen LogP contribution is -2.38. The van der Waals surface area contributed by atoms with Gasteiger partial charge in [-0.2, -0.15) is 13.2 Å². The molecule has 0 saturated carbocycles. The van der Waals surface area contributed by atoms with E-state index in [1.54, 1.807) is 18.2 Å². The van der Waals surface area contributed by atoms with E-state index in [-0.39, 0.29) is 12.3 Å². The molecule has 2 N–H and O–H groups in total. The third-order valence-corrected chi connectivity index (χ3v) is 2.79. The Morgan fingerprint density at radius 1 is 1.32 bits per heavy atom. The van der Waals surface area contributed by atoms with Crippen LogP contribution < -0.4 is 10.6 Å². The molecule has 0 atom stereocenters. The maximum atomic E-state index is 12.0. The van der Waals surface area contributed by atoms with Gasteiger partial charge in [-0.05, 0) is 30.2 Å². The van der Waals surface area contributed by atoms with Crippen molar-refractivity contribution < 1.29 is 22.7 Å². The van der Waals surface area contributed by atoms with Crippen molar-refractivity contribution in [1.29, 1.82) is 0 Å². The highest BCUT2D eigenvalue weighted by Crippen LogP contribution is 2.29. The Balaban J connectivity index is 2.10. The Hall–Kier alpha value is -1.76. The normalized spacial score (nSPS) is 15.5. The fourth-order valence-electron chi connectivity index (χ4n) is 1.97. The molecule has 0 unspecified atom stereocenters. The summed E-state index contributed by atoms with van der Waals surface area (Å²) in [6.07, 6.45) is -3.62. The van der Waals surface area contributed by atoms with Crippen molar-refractivity contribution in [3.63, 3.8) is 0 Å². The molecule has 0 fully saturated rings. The van der Waals surface area contributed by atoms with Crippen LogP contribution in [0.5, 0.6) is 0 Å². The number of halogens is 3. The lowest BCUT2D eigenvalue weighted by Gasteiger charge is -2.29. The third-order valence-electron chi connectivity index (χ3n) is 2.79. The predicted molar refractivity (Wildman–Crippen MR) is 63.5 cm³/mol. The number of carbonyl (C=O) groups is 1. The average Bonchev–Trinajstić information content (AvgIpc) is 2.30. The van der Waals surface area contributed by atoms with E-state index in [9.17, 15) is 18.0 Å². The molecule has 0 radical (unpaired) electrons. The minimum atomic E-state index is -4.40. The summed E-state index contributed by atoms with van der Waals surface area (Å²) in [6, 6.07) is 4.95. The molecule has 1 aromatic carbocycles. The number of alkyl halides is 3. The van der Waals surface area contributed by atoms with Gasteiger partial charge >= 0.3 is 6.18 Å². The first kappa shape index (κ1) is 13.7. The van der Waals surface area contributed by atoms with Crippen LogP contribution in [0.25, 0.3) is 0 Å². The van der Waals surface area contributed by atoms with E-state index in [4.69, 9.17) is 5.73 Å². The van der Waals surface area contributed by atoms with Gasteiger partial charge in [0, 0.05) is 17.8 Å². The van der Waals surface area contributed by atoms with Gasteiger partial charge in [-0.25, -0.2) is 0 Å². The average molecular weight is 274 g/mol. The highest BCUT2D eigenvalue weighted by atomic mass is 19.4. The van der Waals surface area contributed by atoms with E-state index in [1.165, 1.54) is 4.90 Å². The molecule has 0 aromatic heterocycles. The number of benzene rings is 1. The minimum Gasteiger partial charge on any atom is -0.399 e. The molecule has 0 aliphatic carbocycles. The number of hydrogen-bond acceptors (Lipinski definition) is 3. The zero-order valence-electron chi connectivity index (χ0n) is 10.0. The van der Waals surface area contributed by atoms with Gasteiger partial charge in [0.1, 0.15) is 13.3 Å². The molecule has 104 valence electrons. The Kier molecular flexibility index (Phi) is 3.66. The molecule has 1 aliphatic heterocycles. The van der Waals surface area contributed by atoms with Gasteiger partial charge in [-0.1, -0.05) is 0 Å². The van der Waals surface area contributed by atoms with Crippen molar-refractivity contribution in [2.45, 2.75) is 19.0 Å². The summed E-state index contributed by atoms with van der Waals surface area (Å²) in [7, 11) is 0. The minimum absolute atomic E-state index is 0.242. The van der Waals surface area contributed by atoms with Gasteiger partial charge in [0.05, 0.1) is 0 Å². The summed E-state index contributed by atoms with van der Waals surface area (Å²) < 4.78 is 40.6. The van der Waals surface area contributed by atoms with E-state index < -0.39 is 19.5 Å². The summed E-state index contributed by atoms with van der Waals surface area (Å²) in [4.78, 5) is 12.9. The lowest BCUT2D eigenvalue weighted by atomic mass is 10.0. The number of nitrogens with two attached hydrogens (primary N) is 1. The lowest BCUT2D eigenvalue weighted by molar-refractivity contribution is -0.174. The van der Waals surface area contributed by atoms with Crippen LogP contribution in [0.1, 0.15) is 12.0 Å². The van der Waals surface area contributed by atoms with Crippen LogP contribution in [0.2, 0.25) is 0 Å². The van der Waals surface area contributed by atoms with E-state index in [0.717, 1.165) is 5.56 Å². The smallest absolute Gasteiger partial charge is 0.399 e. The first-order valence-electron chi connectivity index (χ1n) is 5.70. The Bertz CT molecular complexity index is 488. The maximum absolute atomic E-state index is 12.0. The van der Waals surface area contributed by atoms with Crippen LogP contribution in [0.4, 0.5) is 24.5 Å². The number of aryl methyl sites for hydroxylation is 1. The standard InChI is InChI=1S/C12H13F3N2O2/c13-12(14,15)6-19-7-17-10-3-2-9(16)5-8(10)1-4-11(17)18/h2-3,5H,1,4,6-7,16H2. The number of ether oxygens (including phenoxy) is 1. The summed E-state index contributed by atoms with van der Waals surface area (Å²) in [5.41, 5.74) is 7.60. The van der Waals surface area contributed by atoms with E-state index >= 15 is 0 Å². The van der Waals surface area contributed by atoms with Crippen molar-refractivity contribution in [2.75, 3.05) is 24.0 Å². The number of hydrogen-bond donors (Lipinski definition) is 1. The van der Waals surface area contributed by atoms with E-state index in [1.807, 2.05) is 0 Å². The van der Waals surface area contributed by atoms with Gasteiger partial charge in [-0.15, -0.1) is 0 Å². The molecular weight excluding hydrogens is 261 g/mol. The van der Waals surface area contributed by atoms with Gasteiger partial charge in [0.25, 0.3) is 0 Å². The summed E-state index contributed by atoms with van der Waals surface area (Å²) in [5.74, 6) is -0.251. The van der Waals surface area contributed by atoms with Crippen LogP contribution in [-0.4, -0.2) is 25.4 Å². The van der Waals surface area contributed by atoms with Gasteiger partial charge in [-0.3, -0.25) is 9.69 Å². The zero-order valence-corrected chi connectivity index (χ0v) is 10.0. The van der Waals surface area contributed by atoms with Crippen molar-refractivity contribution in [3.05, 3.63) is 23.8 Å². The SMILES string of the molecule is Nc1ccc2c(c1)CCC(=O)N2COCC(F)(F)F. The molecule has 0 bridgehead atoms. The Morgan fingerprint density at radius 3 is 2.74 bits per heavy atom. The number of anilines is 2. The predicted octanol–water partition coefficient (Wildman–Crippen LogP) is 2.08. The molecule has 0 spiro atoms. The highest BCUT2D eigenvalue weighted by molar-refractivity contribution is 5.96. The molecule has 0 saturated heterocycles. The first-order chi connectivity index (χ1) is 8.87. The van der Waals surface area contributed by atoms with Crippen LogP contribution in [-0.2, 0) is 16.0 Å². The number of rotatable bonds is 3. The second-order valence-corrected chi connectivity index (χ2v) is 4.30. The first-order valence-corrected chi connectivity index (χ1v) is 5.70. The molecule has 19 heavy (non-hydrogen) atoms. The quantitative estimate of drug-likeness (QED) is 0.859. The van der Waals surface area contributed by atoms with Crippen molar-refractivity contribution in [1.82, 2.24) is 0 Å². The molecule has 4 nitrogen and oxygen atoms in total. The second kappa shape index (κ2) is 5.08. The van der Waals surface area contributed by atoms with Crippen LogP contribution in [0.3, 0.4) is 0 Å². The number of fused-ring (bicyclic) bond motifs is 1. The van der Waals surface area contributed by atoms with E-state index in [0.29, 0.717) is 17.8 Å². The summed E-state index contributed by atoms with van der Waals surface area (Å²) in [5, 5.41) is 0. The van der Waals surface area contributed by atoms with Gasteiger partial charge < -0.3 is 10.5 Å². The molecule has 1 heterocycles. The topological polar surface area (TPSA) is 55.6 Å². The van der Waals surface area contributed by atoms with Gasteiger partial charge in [0.15, 0.2) is 0 Å². The van der Waals surface area contributed by atoms with Crippen molar-refractivity contribution in [3.8, 4) is 0 Å². The van der Waals surface area contributed by atoms with Crippen LogP contribution in [0, 0.1) is 0 Å².